The van der Waals surface area contributed by atoms with E-state index in [1.807, 2.05) is 0 Å². The molecule has 5 nitrogen and oxygen atoms in total. The normalized spacial score (nSPS) is 25.2. The number of sulfonamides is 1. The molecular formula is C22H33FN2O3S. The zero-order valence-electron chi connectivity index (χ0n) is 17.7. The Morgan fingerprint density at radius 2 is 1.69 bits per heavy atom. The Morgan fingerprint density at radius 1 is 1.03 bits per heavy atom. The van der Waals surface area contributed by atoms with E-state index in [0.29, 0.717) is 24.7 Å². The number of rotatable bonds is 4. The van der Waals surface area contributed by atoms with Crippen molar-refractivity contribution < 1.29 is 17.6 Å². The van der Waals surface area contributed by atoms with Crippen LogP contribution in [0.3, 0.4) is 0 Å². The van der Waals surface area contributed by atoms with E-state index in [4.69, 9.17) is 0 Å². The largest absolute Gasteiger partial charge is 0.339 e. The van der Waals surface area contributed by atoms with Crippen molar-refractivity contribution in [2.75, 3.05) is 19.6 Å². The number of nitrogens with zero attached hydrogens (tertiary/aromatic N) is 2. The number of carbonyl (C=O) groups excluding carboxylic acids is 1. The van der Waals surface area contributed by atoms with Crippen LogP contribution in [0.2, 0.25) is 0 Å². The minimum atomic E-state index is -3.87. The fourth-order valence-electron chi connectivity index (χ4n) is 4.62. The Morgan fingerprint density at radius 3 is 2.31 bits per heavy atom. The van der Waals surface area contributed by atoms with E-state index >= 15 is 0 Å². The highest BCUT2D eigenvalue weighted by molar-refractivity contribution is 7.89. The second kappa shape index (κ2) is 9.13. The van der Waals surface area contributed by atoms with Crippen LogP contribution in [0.25, 0.3) is 0 Å². The third kappa shape index (κ3) is 4.82. The van der Waals surface area contributed by atoms with Gasteiger partial charge in [-0.25, -0.2) is 12.8 Å². The highest BCUT2D eigenvalue weighted by Gasteiger charge is 2.37. The average molecular weight is 425 g/mol. The van der Waals surface area contributed by atoms with Crippen LogP contribution in [0.5, 0.6) is 0 Å². The topological polar surface area (TPSA) is 57.7 Å². The van der Waals surface area contributed by atoms with Gasteiger partial charge in [-0.05, 0) is 56.1 Å². The fraction of sp³-hybridized carbons (Fsp3) is 0.682. The fourth-order valence-corrected chi connectivity index (χ4v) is 6.15. The summed E-state index contributed by atoms with van der Waals surface area (Å²) in [7, 11) is -3.87. The number of hydrogen-bond acceptors (Lipinski definition) is 3. The predicted molar refractivity (Wildman–Crippen MR) is 111 cm³/mol. The van der Waals surface area contributed by atoms with Gasteiger partial charge in [0.1, 0.15) is 10.7 Å². The Bertz CT molecular complexity index is 819. The van der Waals surface area contributed by atoms with Crippen molar-refractivity contribution in [3.8, 4) is 0 Å². The Balaban J connectivity index is 1.68. The van der Waals surface area contributed by atoms with Gasteiger partial charge in [0.2, 0.25) is 15.9 Å². The van der Waals surface area contributed by atoms with Crippen molar-refractivity contribution in [2.24, 2.45) is 17.8 Å². The molecule has 2 unspecified atom stereocenters. The van der Waals surface area contributed by atoms with Crippen molar-refractivity contribution in [1.82, 2.24) is 9.21 Å². The number of piperidine rings is 1. The van der Waals surface area contributed by atoms with Gasteiger partial charge in [0.05, 0.1) is 0 Å². The van der Waals surface area contributed by atoms with Crippen LogP contribution < -0.4 is 0 Å². The maximum atomic E-state index is 14.0. The molecule has 7 heteroatoms. The van der Waals surface area contributed by atoms with Gasteiger partial charge in [-0.15, -0.1) is 0 Å². The quantitative estimate of drug-likeness (QED) is 0.737. The SMILES string of the molecule is CC1CCC(C(C)C)N(C(=O)C2CCN(S(=O)(=O)c3ccccc3F)CC2)CC1. The van der Waals surface area contributed by atoms with Gasteiger partial charge in [-0.1, -0.05) is 32.9 Å². The average Bonchev–Trinajstić information content (AvgIpc) is 2.89. The number of halogens is 1. The molecule has 1 aromatic carbocycles. The van der Waals surface area contributed by atoms with Crippen LogP contribution in [0.1, 0.15) is 52.9 Å². The first-order chi connectivity index (χ1) is 13.7. The lowest BCUT2D eigenvalue weighted by Crippen LogP contribution is -2.49. The smallest absolute Gasteiger partial charge is 0.245 e. The van der Waals surface area contributed by atoms with Gasteiger partial charge in [0.15, 0.2) is 0 Å². The van der Waals surface area contributed by atoms with E-state index in [-0.39, 0.29) is 35.9 Å². The van der Waals surface area contributed by atoms with E-state index < -0.39 is 15.8 Å². The summed E-state index contributed by atoms with van der Waals surface area (Å²) in [5.74, 6) is 0.314. The van der Waals surface area contributed by atoms with Crippen molar-refractivity contribution in [3.63, 3.8) is 0 Å². The molecule has 2 saturated heterocycles. The van der Waals surface area contributed by atoms with Crippen LogP contribution in [0.4, 0.5) is 4.39 Å². The van der Waals surface area contributed by atoms with Gasteiger partial charge in [0, 0.05) is 31.6 Å². The van der Waals surface area contributed by atoms with Crippen molar-refractivity contribution in [2.45, 2.75) is 63.8 Å². The van der Waals surface area contributed by atoms with Gasteiger partial charge >= 0.3 is 0 Å². The van der Waals surface area contributed by atoms with Crippen LogP contribution in [-0.4, -0.2) is 49.2 Å². The van der Waals surface area contributed by atoms with E-state index in [1.165, 1.54) is 22.5 Å². The molecule has 3 rings (SSSR count). The lowest BCUT2D eigenvalue weighted by Gasteiger charge is -2.38. The predicted octanol–water partition coefficient (Wildman–Crippen LogP) is 3.90. The third-order valence-electron chi connectivity index (χ3n) is 6.53. The summed E-state index contributed by atoms with van der Waals surface area (Å²) in [5, 5.41) is 0. The van der Waals surface area contributed by atoms with E-state index in [1.54, 1.807) is 0 Å². The molecule has 2 heterocycles. The molecule has 29 heavy (non-hydrogen) atoms. The lowest BCUT2D eigenvalue weighted by molar-refractivity contribution is -0.140. The molecule has 1 aromatic rings. The van der Waals surface area contributed by atoms with Crippen molar-refractivity contribution >= 4 is 15.9 Å². The number of hydrogen-bond donors (Lipinski definition) is 0. The first-order valence-corrected chi connectivity index (χ1v) is 12.2. The van der Waals surface area contributed by atoms with Crippen LogP contribution in [0.15, 0.2) is 29.2 Å². The molecule has 2 aliphatic heterocycles. The zero-order valence-corrected chi connectivity index (χ0v) is 18.5. The molecular weight excluding hydrogens is 391 g/mol. The molecule has 2 fully saturated rings. The van der Waals surface area contributed by atoms with E-state index in [0.717, 1.165) is 31.9 Å². The molecule has 0 radical (unpaired) electrons. The first kappa shape index (κ1) is 22.2. The van der Waals surface area contributed by atoms with Gasteiger partial charge in [-0.2, -0.15) is 4.31 Å². The summed E-state index contributed by atoms with van der Waals surface area (Å²) in [4.78, 5) is 15.1. The van der Waals surface area contributed by atoms with E-state index in [9.17, 15) is 17.6 Å². The maximum absolute atomic E-state index is 14.0. The van der Waals surface area contributed by atoms with E-state index in [2.05, 4.69) is 25.7 Å². The Labute approximate surface area is 174 Å². The minimum absolute atomic E-state index is 0.156. The molecule has 162 valence electrons. The Hall–Kier alpha value is -1.47. The second-order valence-electron chi connectivity index (χ2n) is 8.92. The summed E-state index contributed by atoms with van der Waals surface area (Å²) >= 11 is 0. The monoisotopic (exact) mass is 424 g/mol. The number of amides is 1. The summed E-state index contributed by atoms with van der Waals surface area (Å²) in [6.45, 7) is 7.89. The summed E-state index contributed by atoms with van der Waals surface area (Å²) in [5.41, 5.74) is 0. The van der Waals surface area contributed by atoms with Crippen LogP contribution >= 0.6 is 0 Å². The highest BCUT2D eigenvalue weighted by Crippen LogP contribution is 2.31. The van der Waals surface area contributed by atoms with Crippen molar-refractivity contribution in [1.29, 1.82) is 0 Å². The number of benzene rings is 1. The molecule has 1 amide bonds. The molecule has 0 bridgehead atoms. The number of likely N-dealkylation sites (tertiary alicyclic amines) is 1. The zero-order chi connectivity index (χ0) is 21.2. The lowest BCUT2D eigenvalue weighted by atomic mass is 9.92. The molecule has 2 atom stereocenters. The molecule has 0 aromatic heterocycles. The summed E-state index contributed by atoms with van der Waals surface area (Å²) < 4.78 is 40.9. The molecule has 0 N–H and O–H groups in total. The van der Waals surface area contributed by atoms with Gasteiger partial charge in [-0.3, -0.25) is 4.79 Å². The highest BCUT2D eigenvalue weighted by atomic mass is 32.2. The van der Waals surface area contributed by atoms with Crippen molar-refractivity contribution in [3.05, 3.63) is 30.1 Å². The van der Waals surface area contributed by atoms with Crippen LogP contribution in [-0.2, 0) is 14.8 Å². The number of carbonyl (C=O) groups is 1. The van der Waals surface area contributed by atoms with Gasteiger partial charge in [0.25, 0.3) is 0 Å². The molecule has 0 spiro atoms. The Kier molecular flexibility index (Phi) is 6.99. The first-order valence-electron chi connectivity index (χ1n) is 10.8. The summed E-state index contributed by atoms with van der Waals surface area (Å²) in [6, 6.07) is 5.72. The summed E-state index contributed by atoms with van der Waals surface area (Å²) in [6.07, 6.45) is 4.18. The van der Waals surface area contributed by atoms with Gasteiger partial charge < -0.3 is 4.90 Å². The maximum Gasteiger partial charge on any atom is 0.245 e. The molecule has 0 saturated carbocycles. The third-order valence-corrected chi connectivity index (χ3v) is 8.46. The molecule has 2 aliphatic rings. The molecule has 0 aliphatic carbocycles. The standard InChI is InChI=1S/C22H33FN2O3S/c1-16(2)20-9-8-17(3)10-15-25(20)22(26)18-11-13-24(14-12-18)29(27,28)21-7-5-4-6-19(21)23/h4-7,16-18,20H,8-15H2,1-3H3. The second-order valence-corrected chi connectivity index (χ2v) is 10.8. The van der Waals surface area contributed by atoms with Crippen LogP contribution in [0, 0.1) is 23.6 Å². The minimum Gasteiger partial charge on any atom is -0.339 e.